The highest BCUT2D eigenvalue weighted by Gasteiger charge is 2.23. The summed E-state index contributed by atoms with van der Waals surface area (Å²) in [6.07, 6.45) is 9.20. The van der Waals surface area contributed by atoms with E-state index < -0.39 is 0 Å². The van der Waals surface area contributed by atoms with E-state index in [4.69, 9.17) is 10.7 Å². The average molecular weight is 252 g/mol. The maximum atomic E-state index is 5.56. The highest BCUT2D eigenvalue weighted by molar-refractivity contribution is 7.09. The van der Waals surface area contributed by atoms with Crippen molar-refractivity contribution in [2.24, 2.45) is 11.7 Å². The molecule has 0 spiro atoms. The van der Waals surface area contributed by atoms with Gasteiger partial charge < -0.3 is 5.73 Å². The summed E-state index contributed by atoms with van der Waals surface area (Å²) >= 11 is 1.84. The third-order valence-electron chi connectivity index (χ3n) is 3.86. The van der Waals surface area contributed by atoms with Crippen LogP contribution >= 0.6 is 11.3 Å². The van der Waals surface area contributed by atoms with Crippen molar-refractivity contribution in [3.05, 3.63) is 16.1 Å². The number of hydrogen-bond donors (Lipinski definition) is 1. The van der Waals surface area contributed by atoms with Crippen molar-refractivity contribution in [2.75, 3.05) is 6.54 Å². The number of hydrogen-bond acceptors (Lipinski definition) is 3. The Kier molecular flexibility index (Phi) is 4.99. The third-order valence-corrected chi connectivity index (χ3v) is 4.92. The molecule has 0 aliphatic heterocycles. The lowest BCUT2D eigenvalue weighted by Crippen LogP contribution is -2.13. The molecule has 1 aromatic heterocycles. The van der Waals surface area contributed by atoms with Crippen molar-refractivity contribution in [1.82, 2.24) is 4.98 Å². The first-order chi connectivity index (χ1) is 8.33. The predicted octanol–water partition coefficient (Wildman–Crippen LogP) is 3.72. The fourth-order valence-corrected chi connectivity index (χ4v) is 3.90. The van der Waals surface area contributed by atoms with Crippen molar-refractivity contribution in [2.45, 2.75) is 57.8 Å². The lowest BCUT2D eigenvalue weighted by Gasteiger charge is -2.26. The molecule has 0 bridgehead atoms. The van der Waals surface area contributed by atoms with Crippen LogP contribution in [0.15, 0.2) is 5.38 Å². The van der Waals surface area contributed by atoms with Crippen molar-refractivity contribution in [3.8, 4) is 0 Å². The Hall–Kier alpha value is -0.410. The number of nitrogens with zero attached hydrogens (tertiary/aromatic N) is 1. The van der Waals surface area contributed by atoms with Gasteiger partial charge in [-0.2, -0.15) is 0 Å². The van der Waals surface area contributed by atoms with Crippen LogP contribution in [0.5, 0.6) is 0 Å². The third kappa shape index (κ3) is 3.52. The molecular weight excluding hydrogens is 228 g/mol. The number of nitrogens with two attached hydrogens (primary N) is 1. The van der Waals surface area contributed by atoms with E-state index in [1.54, 1.807) is 0 Å². The molecule has 0 atom stereocenters. The molecule has 1 aliphatic carbocycles. The topological polar surface area (TPSA) is 38.9 Å². The zero-order valence-corrected chi connectivity index (χ0v) is 11.6. The molecule has 0 radical (unpaired) electrons. The van der Waals surface area contributed by atoms with Gasteiger partial charge >= 0.3 is 0 Å². The summed E-state index contributed by atoms with van der Waals surface area (Å²) in [5, 5.41) is 3.56. The van der Waals surface area contributed by atoms with Crippen LogP contribution in [0, 0.1) is 5.92 Å². The molecule has 3 heteroatoms. The molecule has 0 amide bonds. The largest absolute Gasteiger partial charge is 0.330 e. The zero-order valence-electron chi connectivity index (χ0n) is 10.8. The molecule has 1 aromatic rings. The second-order valence-corrected chi connectivity index (χ2v) is 6.11. The summed E-state index contributed by atoms with van der Waals surface area (Å²) in [6, 6.07) is 0. The van der Waals surface area contributed by atoms with Gasteiger partial charge in [0.05, 0.1) is 10.7 Å². The van der Waals surface area contributed by atoms with Crippen molar-refractivity contribution >= 4 is 11.3 Å². The number of rotatable bonds is 5. The monoisotopic (exact) mass is 252 g/mol. The predicted molar refractivity (Wildman–Crippen MR) is 74.5 cm³/mol. The summed E-state index contributed by atoms with van der Waals surface area (Å²) in [7, 11) is 0. The Morgan fingerprint density at radius 3 is 2.76 bits per heavy atom. The molecule has 96 valence electrons. The molecule has 1 heterocycles. The van der Waals surface area contributed by atoms with Crippen LogP contribution < -0.4 is 5.73 Å². The summed E-state index contributed by atoms with van der Waals surface area (Å²) in [4.78, 5) is 4.73. The minimum absolute atomic E-state index is 0.715. The highest BCUT2D eigenvalue weighted by atomic mass is 32.1. The van der Waals surface area contributed by atoms with Gasteiger partial charge in [-0.05, 0) is 38.1 Å². The van der Waals surface area contributed by atoms with E-state index in [-0.39, 0.29) is 0 Å². The molecule has 2 N–H and O–H groups in total. The Morgan fingerprint density at radius 1 is 1.35 bits per heavy atom. The van der Waals surface area contributed by atoms with Crippen LogP contribution in [-0.4, -0.2) is 11.5 Å². The maximum Gasteiger partial charge on any atom is 0.0959 e. The lowest BCUT2D eigenvalue weighted by atomic mass is 9.80. The second kappa shape index (κ2) is 6.50. The maximum absolute atomic E-state index is 5.56. The Morgan fingerprint density at radius 2 is 2.12 bits per heavy atom. The molecule has 0 aromatic carbocycles. The van der Waals surface area contributed by atoms with Crippen LogP contribution in [0.3, 0.4) is 0 Å². The summed E-state index contributed by atoms with van der Waals surface area (Å²) in [5.74, 6) is 1.72. The molecule has 1 aliphatic rings. The highest BCUT2D eigenvalue weighted by Crippen LogP contribution is 2.38. The van der Waals surface area contributed by atoms with Crippen LogP contribution in [-0.2, 0) is 6.42 Å². The first kappa shape index (κ1) is 13.0. The van der Waals surface area contributed by atoms with Gasteiger partial charge in [-0.15, -0.1) is 11.3 Å². The van der Waals surface area contributed by atoms with Gasteiger partial charge in [0.2, 0.25) is 0 Å². The fourth-order valence-electron chi connectivity index (χ4n) is 2.88. The molecule has 1 saturated carbocycles. The van der Waals surface area contributed by atoms with Gasteiger partial charge in [-0.1, -0.05) is 19.8 Å². The van der Waals surface area contributed by atoms with Crippen molar-refractivity contribution in [1.29, 1.82) is 0 Å². The minimum Gasteiger partial charge on any atom is -0.330 e. The standard InChI is InChI=1S/C14H24N2S/c1-2-3-11-4-6-12(7-5-11)14-16-13(8-9-15)10-17-14/h10-12H,2-9,15H2,1H3. The number of aromatic nitrogens is 1. The quantitative estimate of drug-likeness (QED) is 0.867. The SMILES string of the molecule is CCCC1CCC(c2nc(CCN)cs2)CC1. The van der Waals surface area contributed by atoms with Crippen LogP contribution in [0.2, 0.25) is 0 Å². The van der Waals surface area contributed by atoms with E-state index in [0.717, 1.165) is 18.3 Å². The molecule has 1 fully saturated rings. The summed E-state index contributed by atoms with van der Waals surface area (Å²) in [5.41, 5.74) is 6.76. The van der Waals surface area contributed by atoms with Crippen LogP contribution in [0.1, 0.15) is 62.1 Å². The first-order valence-corrected chi connectivity index (χ1v) is 7.85. The van der Waals surface area contributed by atoms with Gasteiger partial charge in [0, 0.05) is 17.7 Å². The minimum atomic E-state index is 0.715. The number of thiazole rings is 1. The van der Waals surface area contributed by atoms with E-state index in [9.17, 15) is 0 Å². The molecule has 2 rings (SSSR count). The van der Waals surface area contributed by atoms with Crippen LogP contribution in [0.25, 0.3) is 0 Å². The molecule has 2 nitrogen and oxygen atoms in total. The van der Waals surface area contributed by atoms with Crippen molar-refractivity contribution < 1.29 is 0 Å². The van der Waals surface area contributed by atoms with E-state index in [0.29, 0.717) is 6.54 Å². The zero-order chi connectivity index (χ0) is 12.1. The van der Waals surface area contributed by atoms with E-state index >= 15 is 0 Å². The van der Waals surface area contributed by atoms with E-state index in [1.165, 1.54) is 49.2 Å². The van der Waals surface area contributed by atoms with Crippen molar-refractivity contribution in [3.63, 3.8) is 0 Å². The van der Waals surface area contributed by atoms with Gasteiger partial charge in [-0.25, -0.2) is 4.98 Å². The van der Waals surface area contributed by atoms with Gasteiger partial charge in [0.1, 0.15) is 0 Å². The summed E-state index contributed by atoms with van der Waals surface area (Å²) in [6.45, 7) is 3.01. The molecule has 0 saturated heterocycles. The Bertz CT molecular complexity index is 327. The molecular formula is C14H24N2S. The Balaban J connectivity index is 1.86. The fraction of sp³-hybridized carbons (Fsp3) is 0.786. The lowest BCUT2D eigenvalue weighted by molar-refractivity contribution is 0.308. The van der Waals surface area contributed by atoms with E-state index in [1.807, 2.05) is 11.3 Å². The van der Waals surface area contributed by atoms with Gasteiger partial charge in [0.15, 0.2) is 0 Å². The normalized spacial score (nSPS) is 25.1. The Labute approximate surface area is 109 Å². The smallest absolute Gasteiger partial charge is 0.0959 e. The van der Waals surface area contributed by atoms with E-state index in [2.05, 4.69) is 12.3 Å². The molecule has 17 heavy (non-hydrogen) atoms. The second-order valence-electron chi connectivity index (χ2n) is 5.22. The summed E-state index contributed by atoms with van der Waals surface area (Å²) < 4.78 is 0. The average Bonchev–Trinajstić information content (AvgIpc) is 2.80. The van der Waals surface area contributed by atoms with Crippen LogP contribution in [0.4, 0.5) is 0 Å². The molecule has 0 unspecified atom stereocenters. The first-order valence-electron chi connectivity index (χ1n) is 6.97. The van der Waals surface area contributed by atoms with Gasteiger partial charge in [-0.3, -0.25) is 0 Å². The van der Waals surface area contributed by atoms with Gasteiger partial charge in [0.25, 0.3) is 0 Å².